The summed E-state index contributed by atoms with van der Waals surface area (Å²) in [6, 6.07) is 18.1. The van der Waals surface area contributed by atoms with Crippen molar-refractivity contribution in [3.63, 3.8) is 0 Å². The number of hydrogen-bond acceptors (Lipinski definition) is 5. The maximum absolute atomic E-state index is 12.3. The molecule has 0 unspecified atom stereocenters. The number of nitrogens with zero attached hydrogens (tertiary/aromatic N) is 1. The molecule has 0 atom stereocenters. The van der Waals surface area contributed by atoms with Crippen LogP contribution in [0.25, 0.3) is 0 Å². The van der Waals surface area contributed by atoms with Gasteiger partial charge in [-0.05, 0) is 66.6 Å². The number of benzene rings is 3. The van der Waals surface area contributed by atoms with Crippen LogP contribution in [0.2, 0.25) is 10.0 Å². The molecule has 3 aromatic rings. The van der Waals surface area contributed by atoms with E-state index in [4.69, 9.17) is 27.9 Å². The van der Waals surface area contributed by atoms with E-state index in [-0.39, 0.29) is 10.7 Å². The van der Waals surface area contributed by atoms with E-state index in [2.05, 4.69) is 15.8 Å². The van der Waals surface area contributed by atoms with Crippen molar-refractivity contribution in [2.24, 2.45) is 5.10 Å². The van der Waals surface area contributed by atoms with Gasteiger partial charge in [0.1, 0.15) is 5.75 Å². The molecule has 0 saturated carbocycles. The number of aryl methyl sites for hydroxylation is 1. The van der Waals surface area contributed by atoms with Gasteiger partial charge in [-0.3, -0.25) is 9.59 Å². The van der Waals surface area contributed by atoms with E-state index in [1.807, 2.05) is 19.1 Å². The molecule has 162 valence electrons. The van der Waals surface area contributed by atoms with Crippen molar-refractivity contribution in [2.75, 3.05) is 5.32 Å². The van der Waals surface area contributed by atoms with Crippen LogP contribution in [-0.4, -0.2) is 24.0 Å². The van der Waals surface area contributed by atoms with Gasteiger partial charge in [0.25, 0.3) is 0 Å². The van der Waals surface area contributed by atoms with Crippen LogP contribution < -0.4 is 15.5 Å². The Morgan fingerprint density at radius 1 is 0.938 bits per heavy atom. The summed E-state index contributed by atoms with van der Waals surface area (Å²) < 4.78 is 5.36. The Labute approximate surface area is 194 Å². The predicted molar refractivity (Wildman–Crippen MR) is 123 cm³/mol. The first-order valence-electron chi connectivity index (χ1n) is 9.31. The van der Waals surface area contributed by atoms with Crippen molar-refractivity contribution in [1.82, 2.24) is 5.43 Å². The number of anilines is 1. The summed E-state index contributed by atoms with van der Waals surface area (Å²) >= 11 is 11.8. The lowest BCUT2D eigenvalue weighted by Crippen LogP contribution is -2.32. The fraction of sp³-hybridized carbons (Fsp3) is 0.0435. The number of esters is 1. The normalized spacial score (nSPS) is 10.6. The molecule has 0 saturated heterocycles. The highest BCUT2D eigenvalue weighted by Gasteiger charge is 2.15. The highest BCUT2D eigenvalue weighted by atomic mass is 35.5. The SMILES string of the molecule is Cc1ccccc1C(=O)Oc1ccc(/C=N/NC(=O)C(=O)Nc2cc(Cl)ccc2Cl)cc1. The Morgan fingerprint density at radius 3 is 2.38 bits per heavy atom. The summed E-state index contributed by atoms with van der Waals surface area (Å²) in [6.07, 6.45) is 1.34. The second-order valence-electron chi connectivity index (χ2n) is 6.55. The number of halogens is 2. The molecular formula is C23H17Cl2N3O4. The molecular weight excluding hydrogens is 453 g/mol. The van der Waals surface area contributed by atoms with Gasteiger partial charge in [0.2, 0.25) is 0 Å². The number of ether oxygens (including phenoxy) is 1. The summed E-state index contributed by atoms with van der Waals surface area (Å²) in [4.78, 5) is 36.1. The van der Waals surface area contributed by atoms with Gasteiger partial charge >= 0.3 is 17.8 Å². The predicted octanol–water partition coefficient (Wildman–Crippen LogP) is 4.61. The lowest BCUT2D eigenvalue weighted by atomic mass is 10.1. The molecule has 0 heterocycles. The van der Waals surface area contributed by atoms with E-state index >= 15 is 0 Å². The average Bonchev–Trinajstić information content (AvgIpc) is 2.77. The molecule has 0 aromatic heterocycles. The summed E-state index contributed by atoms with van der Waals surface area (Å²) in [5.41, 5.74) is 4.24. The molecule has 0 aliphatic heterocycles. The van der Waals surface area contributed by atoms with E-state index in [0.717, 1.165) is 5.56 Å². The number of rotatable bonds is 5. The quantitative estimate of drug-likeness (QED) is 0.187. The maximum atomic E-state index is 12.3. The first-order chi connectivity index (χ1) is 15.3. The van der Waals surface area contributed by atoms with Crippen molar-refractivity contribution < 1.29 is 19.1 Å². The van der Waals surface area contributed by atoms with Gasteiger partial charge in [-0.25, -0.2) is 10.2 Å². The second kappa shape index (κ2) is 10.6. The van der Waals surface area contributed by atoms with Gasteiger partial charge in [0.15, 0.2) is 0 Å². The highest BCUT2D eigenvalue weighted by Crippen LogP contribution is 2.25. The van der Waals surface area contributed by atoms with Gasteiger partial charge < -0.3 is 10.1 Å². The summed E-state index contributed by atoms with van der Waals surface area (Å²) in [5.74, 6) is -2.04. The third-order valence-corrected chi connectivity index (χ3v) is 4.78. The zero-order valence-electron chi connectivity index (χ0n) is 16.8. The third-order valence-electron chi connectivity index (χ3n) is 4.22. The molecule has 9 heteroatoms. The Balaban J connectivity index is 1.53. The van der Waals surface area contributed by atoms with Gasteiger partial charge in [0, 0.05) is 5.02 Å². The fourth-order valence-corrected chi connectivity index (χ4v) is 2.91. The molecule has 0 spiro atoms. The Hall–Kier alpha value is -3.68. The highest BCUT2D eigenvalue weighted by molar-refractivity contribution is 6.42. The smallest absolute Gasteiger partial charge is 0.343 e. The van der Waals surface area contributed by atoms with Crippen LogP contribution in [0.1, 0.15) is 21.5 Å². The minimum atomic E-state index is -0.985. The van der Waals surface area contributed by atoms with Crippen LogP contribution in [-0.2, 0) is 9.59 Å². The summed E-state index contributed by atoms with van der Waals surface area (Å²) in [5, 5.41) is 6.69. The number of carbonyl (C=O) groups excluding carboxylic acids is 3. The molecule has 0 bridgehead atoms. The second-order valence-corrected chi connectivity index (χ2v) is 7.39. The minimum Gasteiger partial charge on any atom is -0.423 e. The largest absolute Gasteiger partial charge is 0.423 e. The Kier molecular flexibility index (Phi) is 7.59. The number of hydrogen-bond donors (Lipinski definition) is 2. The molecule has 2 amide bonds. The van der Waals surface area contributed by atoms with Crippen molar-refractivity contribution >= 4 is 52.9 Å². The van der Waals surface area contributed by atoms with Crippen LogP contribution in [0.3, 0.4) is 0 Å². The van der Waals surface area contributed by atoms with Crippen LogP contribution in [0.15, 0.2) is 71.8 Å². The zero-order valence-corrected chi connectivity index (χ0v) is 18.3. The maximum Gasteiger partial charge on any atom is 0.343 e. The number of carbonyl (C=O) groups is 3. The van der Waals surface area contributed by atoms with Crippen LogP contribution in [0.4, 0.5) is 5.69 Å². The molecule has 7 nitrogen and oxygen atoms in total. The van der Waals surface area contributed by atoms with Crippen molar-refractivity contribution in [3.05, 3.63) is 93.5 Å². The number of nitrogens with one attached hydrogen (secondary N) is 2. The van der Waals surface area contributed by atoms with Crippen molar-refractivity contribution in [2.45, 2.75) is 6.92 Å². The van der Waals surface area contributed by atoms with Crippen LogP contribution in [0, 0.1) is 6.92 Å². The summed E-state index contributed by atoms with van der Waals surface area (Å²) in [6.45, 7) is 1.83. The molecule has 0 fully saturated rings. The topological polar surface area (TPSA) is 96.9 Å². The Bertz CT molecular complexity index is 1190. The molecule has 0 radical (unpaired) electrons. The van der Waals surface area contributed by atoms with E-state index < -0.39 is 17.8 Å². The standard InChI is InChI=1S/C23H17Cl2N3O4/c1-14-4-2-3-5-18(14)23(31)32-17-9-6-15(7-10-17)13-26-28-22(30)21(29)27-20-12-16(24)8-11-19(20)25/h2-13H,1H3,(H,27,29)(H,28,30)/b26-13+. The van der Waals surface area contributed by atoms with Crippen LogP contribution >= 0.6 is 23.2 Å². The average molecular weight is 470 g/mol. The Morgan fingerprint density at radius 2 is 1.66 bits per heavy atom. The lowest BCUT2D eigenvalue weighted by molar-refractivity contribution is -0.136. The number of amides is 2. The van der Waals surface area contributed by atoms with Gasteiger partial charge in [0.05, 0.1) is 22.5 Å². The number of hydrazone groups is 1. The minimum absolute atomic E-state index is 0.208. The monoisotopic (exact) mass is 469 g/mol. The van der Waals surface area contributed by atoms with Gasteiger partial charge in [-0.2, -0.15) is 5.10 Å². The lowest BCUT2D eigenvalue weighted by Gasteiger charge is -2.07. The molecule has 3 rings (SSSR count). The zero-order chi connectivity index (χ0) is 23.1. The first kappa shape index (κ1) is 23.0. The van der Waals surface area contributed by atoms with Crippen molar-refractivity contribution in [1.29, 1.82) is 0 Å². The van der Waals surface area contributed by atoms with Gasteiger partial charge in [-0.1, -0.05) is 41.4 Å². The van der Waals surface area contributed by atoms with E-state index in [1.54, 1.807) is 42.5 Å². The molecule has 0 aliphatic carbocycles. The van der Waals surface area contributed by atoms with Crippen molar-refractivity contribution in [3.8, 4) is 5.75 Å². The molecule has 3 aromatic carbocycles. The van der Waals surface area contributed by atoms with Gasteiger partial charge in [-0.15, -0.1) is 0 Å². The molecule has 0 aliphatic rings. The molecule has 32 heavy (non-hydrogen) atoms. The van der Waals surface area contributed by atoms with E-state index in [1.165, 1.54) is 18.3 Å². The fourth-order valence-electron chi connectivity index (χ4n) is 2.57. The summed E-state index contributed by atoms with van der Waals surface area (Å²) in [7, 11) is 0. The van der Waals surface area contributed by atoms with E-state index in [9.17, 15) is 14.4 Å². The third kappa shape index (κ3) is 6.16. The van der Waals surface area contributed by atoms with E-state index in [0.29, 0.717) is 21.9 Å². The first-order valence-corrected chi connectivity index (χ1v) is 10.1. The molecule has 2 N–H and O–H groups in total. The van der Waals surface area contributed by atoms with Crippen LogP contribution in [0.5, 0.6) is 5.75 Å².